The number of amides is 2. The minimum atomic E-state index is -0.839. The van der Waals surface area contributed by atoms with E-state index in [4.69, 9.17) is 4.99 Å². The Kier molecular flexibility index (Phi) is 7.55. The molecular weight excluding hydrogens is 522 g/mol. The molecule has 0 radical (unpaired) electrons. The van der Waals surface area contributed by atoms with Crippen LogP contribution in [0.2, 0.25) is 0 Å². The number of amidine groups is 1. The number of Topliss-reactive ketones (excluding diaryl/α,β-unsaturated/α-hetero) is 1. The minimum Gasteiger partial charge on any atom is -0.350 e. The van der Waals surface area contributed by atoms with Crippen molar-refractivity contribution in [2.24, 2.45) is 10.9 Å². The molecule has 2 atom stereocenters. The zero-order chi connectivity index (χ0) is 29.0. The summed E-state index contributed by atoms with van der Waals surface area (Å²) < 4.78 is 0. The van der Waals surface area contributed by atoms with Gasteiger partial charge in [0.05, 0.1) is 29.8 Å². The Morgan fingerprint density at radius 3 is 2.22 bits per heavy atom. The molecule has 3 aromatic carbocycles. The molecule has 41 heavy (non-hydrogen) atoms. The Balaban J connectivity index is 1.24. The Morgan fingerprint density at radius 2 is 1.61 bits per heavy atom. The van der Waals surface area contributed by atoms with Crippen molar-refractivity contribution in [3.05, 3.63) is 124 Å². The lowest BCUT2D eigenvalue weighted by Gasteiger charge is -2.34. The van der Waals surface area contributed by atoms with Gasteiger partial charge in [-0.2, -0.15) is 0 Å². The van der Waals surface area contributed by atoms with Crippen LogP contribution in [0.4, 0.5) is 21.9 Å². The zero-order valence-corrected chi connectivity index (χ0v) is 22.2. The molecule has 5 rings (SSSR count). The smallest absolute Gasteiger partial charge is 0.323 e. The van der Waals surface area contributed by atoms with Crippen molar-refractivity contribution in [2.75, 3.05) is 23.7 Å². The van der Waals surface area contributed by atoms with Crippen molar-refractivity contribution >= 4 is 40.5 Å². The van der Waals surface area contributed by atoms with Crippen LogP contribution in [0.15, 0.2) is 108 Å². The molecule has 10 heteroatoms. The SMILES string of the molecule is CC1=NC(c2ccccc2)(C2C=CC=CC2=O)CN1CC(=O)c1ccc(NC(=O)Nc2ccc([N+](=O)[O-])cc2)cc1. The second-order valence-electron chi connectivity index (χ2n) is 9.81. The lowest BCUT2D eigenvalue weighted by atomic mass is 9.75. The summed E-state index contributed by atoms with van der Waals surface area (Å²) in [5.41, 5.74) is 1.33. The normalized spacial score (nSPS) is 19.5. The van der Waals surface area contributed by atoms with E-state index in [0.29, 0.717) is 29.3 Å². The maximum Gasteiger partial charge on any atom is 0.323 e. The Bertz CT molecular complexity index is 1580. The van der Waals surface area contributed by atoms with E-state index in [-0.39, 0.29) is 23.8 Å². The number of carbonyl (C=O) groups is 3. The standard InChI is InChI=1S/C31H27N5O5/c1-21-34-31(23-7-3-2-4-8-23,27-9-5-6-10-28(27)37)20-35(21)19-29(38)22-11-13-24(14-12-22)32-30(39)33-25-15-17-26(18-16-25)36(40)41/h2-18,27H,19-20H2,1H3,(H2,32,33,39). The topological polar surface area (TPSA) is 134 Å². The molecule has 2 unspecified atom stereocenters. The average molecular weight is 550 g/mol. The van der Waals surface area contributed by atoms with Crippen LogP contribution >= 0.6 is 0 Å². The molecule has 1 aliphatic heterocycles. The highest BCUT2D eigenvalue weighted by Crippen LogP contribution is 2.41. The number of nitrogens with one attached hydrogen (secondary N) is 2. The van der Waals surface area contributed by atoms with E-state index in [9.17, 15) is 24.5 Å². The Morgan fingerprint density at radius 1 is 0.976 bits per heavy atom. The van der Waals surface area contributed by atoms with Gasteiger partial charge in [-0.25, -0.2) is 4.79 Å². The number of aliphatic imine (C=N–C) groups is 1. The molecule has 0 aromatic heterocycles. The predicted octanol–water partition coefficient (Wildman–Crippen LogP) is 5.36. The Hall–Kier alpha value is -5.38. The van der Waals surface area contributed by atoms with E-state index in [1.54, 1.807) is 36.4 Å². The maximum absolute atomic E-state index is 13.2. The van der Waals surface area contributed by atoms with Gasteiger partial charge in [0.25, 0.3) is 5.69 Å². The van der Waals surface area contributed by atoms with Crippen LogP contribution in [-0.2, 0) is 10.3 Å². The second kappa shape index (κ2) is 11.4. The van der Waals surface area contributed by atoms with Crippen molar-refractivity contribution in [3.63, 3.8) is 0 Å². The highest BCUT2D eigenvalue weighted by atomic mass is 16.6. The number of hydrogen-bond acceptors (Lipinski definition) is 7. The van der Waals surface area contributed by atoms with Gasteiger partial charge in [0.2, 0.25) is 0 Å². The van der Waals surface area contributed by atoms with Gasteiger partial charge in [-0.3, -0.25) is 24.7 Å². The predicted molar refractivity (Wildman–Crippen MR) is 156 cm³/mol. The molecule has 10 nitrogen and oxygen atoms in total. The van der Waals surface area contributed by atoms with Gasteiger partial charge in [-0.05, 0) is 55.0 Å². The minimum absolute atomic E-state index is 0.0261. The Labute approximate surface area is 236 Å². The summed E-state index contributed by atoms with van der Waals surface area (Å²) in [7, 11) is 0. The molecule has 1 aliphatic carbocycles. The van der Waals surface area contributed by atoms with Crippen LogP contribution in [0.25, 0.3) is 0 Å². The molecule has 2 N–H and O–H groups in total. The van der Waals surface area contributed by atoms with E-state index >= 15 is 0 Å². The third-order valence-corrected chi connectivity index (χ3v) is 7.16. The molecule has 2 aliphatic rings. The lowest BCUT2D eigenvalue weighted by Crippen LogP contribution is -2.43. The van der Waals surface area contributed by atoms with Crippen LogP contribution < -0.4 is 10.6 Å². The lowest BCUT2D eigenvalue weighted by molar-refractivity contribution is -0.384. The van der Waals surface area contributed by atoms with Crippen molar-refractivity contribution in [1.29, 1.82) is 0 Å². The number of hydrogen-bond donors (Lipinski definition) is 2. The van der Waals surface area contributed by atoms with Crippen LogP contribution in [-0.4, -0.2) is 46.3 Å². The third-order valence-electron chi connectivity index (χ3n) is 7.16. The molecule has 0 bridgehead atoms. The fourth-order valence-electron chi connectivity index (χ4n) is 5.08. The molecule has 206 valence electrons. The molecule has 3 aromatic rings. The molecule has 0 spiro atoms. The number of benzene rings is 3. The number of urea groups is 1. The fourth-order valence-corrected chi connectivity index (χ4v) is 5.08. The molecule has 2 amide bonds. The summed E-state index contributed by atoms with van der Waals surface area (Å²) in [6.45, 7) is 2.31. The van der Waals surface area contributed by atoms with E-state index in [1.807, 2.05) is 54.3 Å². The van der Waals surface area contributed by atoms with Gasteiger partial charge < -0.3 is 15.5 Å². The van der Waals surface area contributed by atoms with Crippen molar-refractivity contribution in [2.45, 2.75) is 12.5 Å². The van der Waals surface area contributed by atoms with Crippen LogP contribution in [0.5, 0.6) is 0 Å². The number of ketones is 2. The third kappa shape index (κ3) is 5.81. The van der Waals surface area contributed by atoms with E-state index in [2.05, 4.69) is 10.6 Å². The van der Waals surface area contributed by atoms with Crippen LogP contribution in [0.1, 0.15) is 22.8 Å². The monoisotopic (exact) mass is 549 g/mol. The highest BCUT2D eigenvalue weighted by Gasteiger charge is 2.48. The first kappa shape index (κ1) is 27.2. The molecule has 1 heterocycles. The summed E-state index contributed by atoms with van der Waals surface area (Å²) in [5.74, 6) is 0.0455. The number of carbonyl (C=O) groups excluding carboxylic acids is 3. The molecular formula is C31H27N5O5. The van der Waals surface area contributed by atoms with Gasteiger partial charge in [0, 0.05) is 29.1 Å². The van der Waals surface area contributed by atoms with Gasteiger partial charge in [-0.15, -0.1) is 0 Å². The van der Waals surface area contributed by atoms with Crippen LogP contribution in [0, 0.1) is 16.0 Å². The summed E-state index contributed by atoms with van der Waals surface area (Å²) in [6, 6.07) is 21.1. The molecule has 0 fully saturated rings. The summed E-state index contributed by atoms with van der Waals surface area (Å²) in [6.07, 6.45) is 7.02. The number of anilines is 2. The van der Waals surface area contributed by atoms with E-state index < -0.39 is 22.4 Å². The first-order valence-corrected chi connectivity index (χ1v) is 13.0. The van der Waals surface area contributed by atoms with Gasteiger partial charge in [0.15, 0.2) is 11.6 Å². The number of nitro benzene ring substituents is 1. The fraction of sp³-hybridized carbons (Fsp3) is 0.161. The average Bonchev–Trinajstić information content (AvgIpc) is 3.30. The van der Waals surface area contributed by atoms with Gasteiger partial charge in [0.1, 0.15) is 5.54 Å². The molecule has 0 saturated heterocycles. The zero-order valence-electron chi connectivity index (χ0n) is 22.2. The van der Waals surface area contributed by atoms with Gasteiger partial charge in [-0.1, -0.05) is 48.6 Å². The van der Waals surface area contributed by atoms with Crippen LogP contribution in [0.3, 0.4) is 0 Å². The quantitative estimate of drug-likeness (QED) is 0.221. The summed E-state index contributed by atoms with van der Waals surface area (Å²) in [4.78, 5) is 55.7. The molecule has 0 saturated carbocycles. The first-order valence-electron chi connectivity index (χ1n) is 13.0. The first-order chi connectivity index (χ1) is 19.7. The van der Waals surface area contributed by atoms with E-state index in [1.165, 1.54) is 24.3 Å². The van der Waals surface area contributed by atoms with Gasteiger partial charge >= 0.3 is 6.03 Å². The summed E-state index contributed by atoms with van der Waals surface area (Å²) in [5, 5.41) is 16.1. The largest absolute Gasteiger partial charge is 0.350 e. The summed E-state index contributed by atoms with van der Waals surface area (Å²) >= 11 is 0. The van der Waals surface area contributed by atoms with E-state index in [0.717, 1.165) is 5.56 Å². The number of non-ortho nitro benzene ring substituents is 1. The number of nitro groups is 1. The highest BCUT2D eigenvalue weighted by molar-refractivity contribution is 6.02. The second-order valence-corrected chi connectivity index (χ2v) is 9.81. The number of allylic oxidation sites excluding steroid dienone is 3. The van der Waals surface area contributed by atoms with Crippen molar-refractivity contribution < 1.29 is 19.3 Å². The van der Waals surface area contributed by atoms with Crippen molar-refractivity contribution in [3.8, 4) is 0 Å². The maximum atomic E-state index is 13.2. The number of rotatable bonds is 8. The number of nitrogens with zero attached hydrogens (tertiary/aromatic N) is 3. The van der Waals surface area contributed by atoms with Crippen molar-refractivity contribution in [1.82, 2.24) is 4.90 Å².